The summed E-state index contributed by atoms with van der Waals surface area (Å²) >= 11 is 1.45. The van der Waals surface area contributed by atoms with Gasteiger partial charge in [-0.2, -0.15) is 0 Å². The molecule has 1 unspecified atom stereocenters. The molecule has 1 aliphatic rings. The topological polar surface area (TPSA) is 55.4 Å². The Balaban J connectivity index is 1.75. The van der Waals surface area contributed by atoms with E-state index in [9.17, 15) is 9.59 Å². The molecule has 4 nitrogen and oxygen atoms in total. The molecule has 1 N–H and O–H groups in total. The molecular weight excluding hydrogens is 334 g/mol. The molecule has 0 saturated carbocycles. The highest BCUT2D eigenvalue weighted by Gasteiger charge is 2.26. The summed E-state index contributed by atoms with van der Waals surface area (Å²) in [6, 6.07) is 10.2. The average molecular weight is 357 g/mol. The third kappa shape index (κ3) is 3.93. The molecule has 1 heterocycles. The van der Waals surface area contributed by atoms with Crippen LogP contribution < -0.4 is 5.32 Å². The molecule has 0 fully saturated rings. The van der Waals surface area contributed by atoms with Crippen molar-refractivity contribution in [2.45, 2.75) is 52.2 Å². The van der Waals surface area contributed by atoms with E-state index in [1.165, 1.54) is 28.0 Å². The van der Waals surface area contributed by atoms with Crippen LogP contribution in [0.25, 0.3) is 10.4 Å². The maximum Gasteiger partial charge on any atom is 0.349 e. The number of amides is 1. The van der Waals surface area contributed by atoms with E-state index in [2.05, 4.69) is 17.4 Å². The summed E-state index contributed by atoms with van der Waals surface area (Å²) in [6.07, 6.45) is 1.09. The lowest BCUT2D eigenvalue weighted by molar-refractivity contribution is -0.130. The van der Waals surface area contributed by atoms with Crippen molar-refractivity contribution in [2.75, 3.05) is 0 Å². The zero-order valence-corrected chi connectivity index (χ0v) is 15.8. The van der Waals surface area contributed by atoms with Gasteiger partial charge in [-0.3, -0.25) is 4.79 Å². The summed E-state index contributed by atoms with van der Waals surface area (Å²) < 4.78 is 5.37. The average Bonchev–Trinajstić information content (AvgIpc) is 2.98. The number of hydrogen-bond donors (Lipinski definition) is 1. The van der Waals surface area contributed by atoms with E-state index < -0.39 is 12.1 Å². The van der Waals surface area contributed by atoms with Crippen LogP contribution in [-0.2, 0) is 22.4 Å². The fourth-order valence-corrected chi connectivity index (χ4v) is 4.07. The molecule has 0 radical (unpaired) electrons. The molecule has 1 aromatic heterocycles. The van der Waals surface area contributed by atoms with Gasteiger partial charge in [0, 0.05) is 10.4 Å². The minimum atomic E-state index is -0.821. The molecule has 5 heteroatoms. The van der Waals surface area contributed by atoms with Gasteiger partial charge in [0.25, 0.3) is 5.91 Å². The van der Waals surface area contributed by atoms with Gasteiger partial charge >= 0.3 is 5.97 Å². The lowest BCUT2D eigenvalue weighted by atomic mass is 9.91. The normalized spacial score (nSPS) is 14.2. The highest BCUT2D eigenvalue weighted by atomic mass is 32.1. The Morgan fingerprint density at radius 3 is 2.56 bits per heavy atom. The van der Waals surface area contributed by atoms with E-state index in [-0.39, 0.29) is 11.4 Å². The smallest absolute Gasteiger partial charge is 0.349 e. The monoisotopic (exact) mass is 357 g/mol. The summed E-state index contributed by atoms with van der Waals surface area (Å²) in [4.78, 5) is 26.3. The van der Waals surface area contributed by atoms with E-state index in [0.717, 1.165) is 17.7 Å². The Morgan fingerprint density at radius 1 is 1.16 bits per heavy atom. The zero-order chi connectivity index (χ0) is 18.2. The number of hydrogen-bond acceptors (Lipinski definition) is 4. The lowest BCUT2D eigenvalue weighted by Crippen LogP contribution is -2.46. The van der Waals surface area contributed by atoms with E-state index in [1.807, 2.05) is 39.0 Å². The number of esters is 1. The molecule has 2 aromatic rings. The first-order valence-electron chi connectivity index (χ1n) is 8.48. The SMILES string of the molecule is CC(OC(=O)c1cc2c(s1)-c1ccccc1CC2)C(=O)NC(C)(C)C. The number of rotatable bonds is 3. The first kappa shape index (κ1) is 17.7. The fraction of sp³-hybridized carbons (Fsp3) is 0.400. The van der Waals surface area contributed by atoms with E-state index >= 15 is 0 Å². The second-order valence-corrected chi connectivity index (χ2v) is 8.46. The van der Waals surface area contributed by atoms with E-state index in [4.69, 9.17) is 4.74 Å². The summed E-state index contributed by atoms with van der Waals surface area (Å²) in [5, 5.41) is 2.82. The van der Waals surface area contributed by atoms with Gasteiger partial charge in [-0.05, 0) is 63.3 Å². The molecule has 1 atom stereocenters. The van der Waals surface area contributed by atoms with Crippen LogP contribution >= 0.6 is 11.3 Å². The zero-order valence-electron chi connectivity index (χ0n) is 15.0. The van der Waals surface area contributed by atoms with Gasteiger partial charge in [0.1, 0.15) is 4.88 Å². The van der Waals surface area contributed by atoms with Gasteiger partial charge < -0.3 is 10.1 Å². The largest absolute Gasteiger partial charge is 0.448 e. The van der Waals surface area contributed by atoms with Gasteiger partial charge in [0.15, 0.2) is 6.10 Å². The van der Waals surface area contributed by atoms with Gasteiger partial charge in [-0.25, -0.2) is 4.79 Å². The molecule has 1 aromatic carbocycles. The molecule has 25 heavy (non-hydrogen) atoms. The van der Waals surface area contributed by atoms with Crippen molar-refractivity contribution >= 4 is 23.2 Å². The Hall–Kier alpha value is -2.14. The van der Waals surface area contributed by atoms with Gasteiger partial charge in [-0.1, -0.05) is 24.3 Å². The summed E-state index contributed by atoms with van der Waals surface area (Å²) in [5.41, 5.74) is 3.34. The molecule has 0 aliphatic heterocycles. The van der Waals surface area contributed by atoms with Crippen LogP contribution in [0.5, 0.6) is 0 Å². The first-order chi connectivity index (χ1) is 11.7. The minimum Gasteiger partial charge on any atom is -0.448 e. The number of carbonyl (C=O) groups is 2. The molecule has 1 amide bonds. The summed E-state index contributed by atoms with van der Waals surface area (Å²) in [6.45, 7) is 7.28. The van der Waals surface area contributed by atoms with Crippen LogP contribution in [0.4, 0.5) is 0 Å². The Morgan fingerprint density at radius 2 is 1.84 bits per heavy atom. The number of benzene rings is 1. The van der Waals surface area contributed by atoms with Crippen molar-refractivity contribution in [3.05, 3.63) is 46.3 Å². The maximum absolute atomic E-state index is 12.5. The van der Waals surface area contributed by atoms with Crippen molar-refractivity contribution in [1.82, 2.24) is 5.32 Å². The number of thiophene rings is 1. The van der Waals surface area contributed by atoms with Gasteiger partial charge in [0.2, 0.25) is 0 Å². The molecule has 0 bridgehead atoms. The number of aryl methyl sites for hydroxylation is 2. The molecule has 0 spiro atoms. The highest BCUT2D eigenvalue weighted by molar-refractivity contribution is 7.17. The van der Waals surface area contributed by atoms with Crippen LogP contribution in [0.3, 0.4) is 0 Å². The number of fused-ring (bicyclic) bond motifs is 3. The molecule has 1 aliphatic carbocycles. The summed E-state index contributed by atoms with van der Waals surface area (Å²) in [5.74, 6) is -0.721. The minimum absolute atomic E-state index is 0.285. The quantitative estimate of drug-likeness (QED) is 0.846. The molecule has 3 rings (SSSR count). The molecule has 132 valence electrons. The third-order valence-electron chi connectivity index (χ3n) is 4.09. The second-order valence-electron chi connectivity index (χ2n) is 7.41. The first-order valence-corrected chi connectivity index (χ1v) is 9.30. The Kier molecular flexibility index (Phi) is 4.69. The van der Waals surface area contributed by atoms with Gasteiger partial charge in [-0.15, -0.1) is 11.3 Å². The van der Waals surface area contributed by atoms with Crippen LogP contribution in [0.2, 0.25) is 0 Å². The van der Waals surface area contributed by atoms with E-state index in [1.54, 1.807) is 6.92 Å². The van der Waals surface area contributed by atoms with Crippen LogP contribution in [-0.4, -0.2) is 23.5 Å². The van der Waals surface area contributed by atoms with Crippen molar-refractivity contribution in [2.24, 2.45) is 0 Å². The number of carbonyl (C=O) groups excluding carboxylic acids is 2. The van der Waals surface area contributed by atoms with Crippen molar-refractivity contribution in [3.8, 4) is 10.4 Å². The van der Waals surface area contributed by atoms with Gasteiger partial charge in [0.05, 0.1) is 0 Å². The van der Waals surface area contributed by atoms with Crippen molar-refractivity contribution in [3.63, 3.8) is 0 Å². The highest BCUT2D eigenvalue weighted by Crippen LogP contribution is 2.39. The molecule has 0 saturated heterocycles. The van der Waals surface area contributed by atoms with Crippen LogP contribution in [0.15, 0.2) is 30.3 Å². The maximum atomic E-state index is 12.5. The third-order valence-corrected chi connectivity index (χ3v) is 5.28. The second kappa shape index (κ2) is 6.64. The Bertz CT molecular complexity index is 817. The van der Waals surface area contributed by atoms with E-state index in [0.29, 0.717) is 4.88 Å². The van der Waals surface area contributed by atoms with Crippen LogP contribution in [0.1, 0.15) is 48.5 Å². The number of nitrogens with one attached hydrogen (secondary N) is 1. The number of ether oxygens (including phenoxy) is 1. The van der Waals surface area contributed by atoms with Crippen molar-refractivity contribution in [1.29, 1.82) is 0 Å². The lowest BCUT2D eigenvalue weighted by Gasteiger charge is -2.23. The van der Waals surface area contributed by atoms with Crippen molar-refractivity contribution < 1.29 is 14.3 Å². The van der Waals surface area contributed by atoms with Crippen LogP contribution in [0, 0.1) is 0 Å². The molecular formula is C20H23NO3S. The predicted octanol–water partition coefficient (Wildman–Crippen LogP) is 3.97. The Labute approximate surface area is 152 Å². The summed E-state index contributed by atoms with van der Waals surface area (Å²) in [7, 11) is 0. The predicted molar refractivity (Wildman–Crippen MR) is 99.9 cm³/mol. The standard InChI is InChI=1S/C20H23NO3S/c1-12(18(22)21-20(2,3)4)24-19(23)16-11-14-10-9-13-7-5-6-8-15(13)17(14)25-16/h5-8,11-12H,9-10H2,1-4H3,(H,21,22). The fourth-order valence-electron chi connectivity index (χ4n) is 2.92.